The fourth-order valence-electron chi connectivity index (χ4n) is 11.0. The minimum absolute atomic E-state index is 0.000951. The minimum Gasteiger partial charge on any atom is -0.459 e. The topological polar surface area (TPSA) is 26.3 Å². The lowest BCUT2D eigenvalue weighted by molar-refractivity contribution is -0.145. The average Bonchev–Trinajstić information content (AvgIpc) is 3.47. The molecule has 0 spiro atoms. The third-order valence-electron chi connectivity index (χ3n) is 14.2. The van der Waals surface area contributed by atoms with Crippen molar-refractivity contribution in [2.75, 3.05) is 0 Å². The number of unbranched alkanes of at least 4 members (excludes halogenated alkanes) is 7. The van der Waals surface area contributed by atoms with Crippen LogP contribution in [0.5, 0.6) is 0 Å². The van der Waals surface area contributed by atoms with Crippen LogP contribution in [0.25, 0.3) is 0 Å². The van der Waals surface area contributed by atoms with Crippen LogP contribution in [0.15, 0.2) is 84.6 Å². The summed E-state index contributed by atoms with van der Waals surface area (Å²) in [7, 11) is 0. The fraction of sp³-hybridized carbons (Fsp3) is 0.694. The van der Waals surface area contributed by atoms with Gasteiger partial charge in [0.05, 0.1) is 0 Å². The molecule has 3 fully saturated rings. The van der Waals surface area contributed by atoms with Crippen LogP contribution < -0.4 is 0 Å². The van der Waals surface area contributed by atoms with E-state index in [9.17, 15) is 4.79 Å². The zero-order valence-electron chi connectivity index (χ0n) is 34.0. The van der Waals surface area contributed by atoms with Crippen LogP contribution in [0.3, 0.4) is 0 Å². The van der Waals surface area contributed by atoms with Gasteiger partial charge in [0, 0.05) is 12.5 Å². The Hall–Kier alpha value is -2.35. The molecule has 0 bridgehead atoms. The molecule has 0 amide bonds. The first kappa shape index (κ1) is 41.4. The summed E-state index contributed by atoms with van der Waals surface area (Å²) in [6.07, 6.45) is 49.3. The number of hydrogen-bond donors (Lipinski definition) is 0. The van der Waals surface area contributed by atoms with Crippen molar-refractivity contribution >= 4 is 5.97 Å². The monoisotopic (exact) mass is 697 g/mol. The highest BCUT2D eigenvalue weighted by Crippen LogP contribution is 2.67. The lowest BCUT2D eigenvalue weighted by Crippen LogP contribution is -2.51. The van der Waals surface area contributed by atoms with Gasteiger partial charge in [-0.25, -0.2) is 4.79 Å². The van der Waals surface area contributed by atoms with Crippen molar-refractivity contribution in [3.8, 4) is 0 Å². The number of ether oxygens (including phenoxy) is 1. The highest BCUT2D eigenvalue weighted by molar-refractivity contribution is 5.82. The van der Waals surface area contributed by atoms with Crippen LogP contribution in [0, 0.1) is 52.3 Å². The number of carbonyl (C=O) groups excluding carboxylic acids is 1. The molecule has 4 aliphatic rings. The van der Waals surface area contributed by atoms with Crippen molar-refractivity contribution in [2.24, 2.45) is 52.3 Å². The van der Waals surface area contributed by atoms with Gasteiger partial charge >= 0.3 is 5.97 Å². The number of hydrogen-bond acceptors (Lipinski definition) is 2. The second kappa shape index (κ2) is 20.8. The molecule has 0 N–H and O–H groups in total. The first-order chi connectivity index (χ1) is 24.6. The molecule has 51 heavy (non-hydrogen) atoms. The van der Waals surface area contributed by atoms with E-state index in [0.717, 1.165) is 55.3 Å². The Morgan fingerprint density at radius 3 is 2.20 bits per heavy atom. The van der Waals surface area contributed by atoms with Crippen molar-refractivity contribution in [1.29, 1.82) is 0 Å². The third-order valence-corrected chi connectivity index (χ3v) is 14.2. The highest BCUT2D eigenvalue weighted by atomic mass is 16.5. The normalized spacial score (nSPS) is 32.4. The fourth-order valence-corrected chi connectivity index (χ4v) is 11.0. The smallest absolute Gasteiger partial charge is 0.331 e. The first-order valence-corrected chi connectivity index (χ1v) is 21.6. The summed E-state index contributed by atoms with van der Waals surface area (Å²) in [6.45, 7) is 17.1. The summed E-state index contributed by atoms with van der Waals surface area (Å²) in [5.74, 6) is 5.12. The van der Waals surface area contributed by atoms with Crippen LogP contribution in [0.1, 0.15) is 158 Å². The molecule has 4 aliphatic carbocycles. The SMILES string of the molecule is CCCCCCCCC/C=C/C=C/C=C/C=C/C=C/C(=O)O[C@H]1CC[C@@]2(C)C(=CC[C@H]3[C@@H]4CC[C@H]([C@H](C)/C=C/[C@@H](CC)C(C)C)[C@@]4(C)CC[C@@H]32)C1. The molecule has 0 aromatic heterocycles. The number of carbonyl (C=O) groups is 1. The molecule has 4 rings (SSSR count). The average molecular weight is 697 g/mol. The van der Waals surface area contributed by atoms with Crippen LogP contribution in [0.2, 0.25) is 0 Å². The second-order valence-electron chi connectivity index (χ2n) is 17.7. The predicted molar refractivity (Wildman–Crippen MR) is 220 cm³/mol. The Morgan fingerprint density at radius 1 is 0.804 bits per heavy atom. The summed E-state index contributed by atoms with van der Waals surface area (Å²) < 4.78 is 5.99. The molecule has 0 saturated heterocycles. The summed E-state index contributed by atoms with van der Waals surface area (Å²) in [5, 5.41) is 0. The van der Waals surface area contributed by atoms with Crippen molar-refractivity contribution in [2.45, 2.75) is 164 Å². The van der Waals surface area contributed by atoms with Crippen LogP contribution in [0.4, 0.5) is 0 Å². The van der Waals surface area contributed by atoms with E-state index in [2.05, 4.69) is 84.9 Å². The molecule has 9 atom stereocenters. The predicted octanol–water partition coefficient (Wildman–Crippen LogP) is 14.3. The molecule has 2 heteroatoms. The third kappa shape index (κ3) is 11.3. The zero-order valence-corrected chi connectivity index (χ0v) is 34.0. The van der Waals surface area contributed by atoms with E-state index < -0.39 is 0 Å². The Labute approximate surface area is 315 Å². The minimum atomic E-state index is -0.218. The molecule has 284 valence electrons. The van der Waals surface area contributed by atoms with Gasteiger partial charge in [0.15, 0.2) is 0 Å². The quantitative estimate of drug-likeness (QED) is 0.0442. The van der Waals surface area contributed by atoms with Crippen molar-refractivity contribution in [3.05, 3.63) is 84.6 Å². The molecule has 0 radical (unpaired) electrons. The molecule has 2 nitrogen and oxygen atoms in total. The molecule has 3 saturated carbocycles. The van der Waals surface area contributed by atoms with Crippen LogP contribution >= 0.6 is 0 Å². The molecular formula is C49H76O2. The molecule has 0 aromatic carbocycles. The van der Waals surface area contributed by atoms with Gasteiger partial charge in [-0.05, 0) is 116 Å². The molecule has 0 aliphatic heterocycles. The first-order valence-electron chi connectivity index (χ1n) is 21.6. The lowest BCUT2D eigenvalue weighted by Gasteiger charge is -2.58. The Morgan fingerprint density at radius 2 is 1.49 bits per heavy atom. The van der Waals surface area contributed by atoms with Gasteiger partial charge in [0.2, 0.25) is 0 Å². The highest BCUT2D eigenvalue weighted by Gasteiger charge is 2.59. The number of fused-ring (bicyclic) bond motifs is 5. The van der Waals surface area contributed by atoms with E-state index in [1.54, 1.807) is 17.7 Å². The maximum absolute atomic E-state index is 12.7. The van der Waals surface area contributed by atoms with E-state index in [-0.39, 0.29) is 17.5 Å². The maximum atomic E-state index is 12.7. The Kier molecular flexibility index (Phi) is 16.9. The van der Waals surface area contributed by atoms with Gasteiger partial charge in [-0.1, -0.05) is 165 Å². The van der Waals surface area contributed by atoms with E-state index in [1.165, 1.54) is 83.5 Å². The van der Waals surface area contributed by atoms with Gasteiger partial charge < -0.3 is 4.74 Å². The Balaban J connectivity index is 1.19. The van der Waals surface area contributed by atoms with E-state index in [1.807, 2.05) is 30.4 Å². The van der Waals surface area contributed by atoms with Crippen LogP contribution in [-0.2, 0) is 9.53 Å². The largest absolute Gasteiger partial charge is 0.459 e. The van der Waals surface area contributed by atoms with Gasteiger partial charge in [-0.15, -0.1) is 0 Å². The Bertz CT molecular complexity index is 1270. The molecular weight excluding hydrogens is 621 g/mol. The summed E-state index contributed by atoms with van der Waals surface area (Å²) in [4.78, 5) is 12.7. The number of allylic oxidation sites excluding steroid dienone is 12. The van der Waals surface area contributed by atoms with E-state index >= 15 is 0 Å². The van der Waals surface area contributed by atoms with Crippen molar-refractivity contribution in [3.63, 3.8) is 0 Å². The molecule has 0 aromatic rings. The summed E-state index contributed by atoms with van der Waals surface area (Å²) in [6, 6.07) is 0. The van der Waals surface area contributed by atoms with Crippen molar-refractivity contribution in [1.82, 2.24) is 0 Å². The lowest BCUT2D eigenvalue weighted by atomic mass is 9.47. The van der Waals surface area contributed by atoms with Gasteiger partial charge in [-0.3, -0.25) is 0 Å². The van der Waals surface area contributed by atoms with Gasteiger partial charge in [0.25, 0.3) is 0 Å². The van der Waals surface area contributed by atoms with E-state index in [0.29, 0.717) is 17.3 Å². The number of esters is 1. The second-order valence-corrected chi connectivity index (χ2v) is 17.7. The summed E-state index contributed by atoms with van der Waals surface area (Å²) in [5.41, 5.74) is 2.32. The summed E-state index contributed by atoms with van der Waals surface area (Å²) >= 11 is 0. The molecule has 0 unspecified atom stereocenters. The zero-order chi connectivity index (χ0) is 36.7. The van der Waals surface area contributed by atoms with Gasteiger partial charge in [0.1, 0.15) is 6.10 Å². The standard InChI is InChI=1S/C49H76O2/c1-8-10-11-12-13-14-15-16-17-18-19-20-21-22-23-24-25-26-47(50)51-42-33-35-48(6)41(37-42)29-30-43-45-32-31-44(49(45,7)36-34-46(43)48)39(5)27-28-40(9-2)38(3)4/h17-29,38-40,42-46H,8-16,30-37H2,1-7H3/b18-17+,20-19+,22-21+,24-23+,26-25+,28-27+/t39-,40-,42+,43+,44-,45+,46+,48+,49-/m1/s1. The van der Waals surface area contributed by atoms with E-state index in [4.69, 9.17) is 4.74 Å². The van der Waals surface area contributed by atoms with Gasteiger partial charge in [-0.2, -0.15) is 0 Å². The molecule has 0 heterocycles. The number of rotatable bonds is 19. The van der Waals surface area contributed by atoms with Crippen LogP contribution in [-0.4, -0.2) is 12.1 Å². The maximum Gasteiger partial charge on any atom is 0.331 e. The van der Waals surface area contributed by atoms with Crippen molar-refractivity contribution < 1.29 is 9.53 Å².